The molecule has 8 heteroatoms. The first-order chi connectivity index (χ1) is 10.5. The molecule has 22 heavy (non-hydrogen) atoms. The number of amides is 4. The molecular formula is C14H19ClN4O2S. The van der Waals surface area contributed by atoms with Gasteiger partial charge in [0.25, 0.3) is 0 Å². The van der Waals surface area contributed by atoms with E-state index >= 15 is 0 Å². The van der Waals surface area contributed by atoms with E-state index in [2.05, 4.69) is 10.6 Å². The van der Waals surface area contributed by atoms with Crippen LogP contribution in [0.1, 0.15) is 20.3 Å². The second kappa shape index (κ2) is 5.96. The molecule has 2 N–H and O–H groups in total. The van der Waals surface area contributed by atoms with Gasteiger partial charge in [0.2, 0.25) is 0 Å². The lowest BCUT2D eigenvalue weighted by molar-refractivity contribution is 0.138. The molecule has 2 saturated heterocycles. The normalized spacial score (nSPS) is 24.5. The Labute approximate surface area is 138 Å². The second-order valence-electron chi connectivity index (χ2n) is 5.90. The van der Waals surface area contributed by atoms with Crippen LogP contribution in [0.5, 0.6) is 0 Å². The fourth-order valence-electron chi connectivity index (χ4n) is 3.18. The number of piperidine rings is 1. The number of likely N-dealkylation sites (tertiary alicyclic amines) is 1. The molecule has 2 aliphatic rings. The number of urea groups is 2. The molecule has 1 aromatic heterocycles. The quantitative estimate of drug-likeness (QED) is 0.868. The van der Waals surface area contributed by atoms with Gasteiger partial charge in [0.15, 0.2) is 0 Å². The van der Waals surface area contributed by atoms with Crippen LogP contribution >= 0.6 is 22.9 Å². The van der Waals surface area contributed by atoms with Crippen LogP contribution in [0, 0.1) is 0 Å². The molecule has 0 spiro atoms. The van der Waals surface area contributed by atoms with E-state index in [1.807, 2.05) is 24.1 Å². The monoisotopic (exact) mass is 342 g/mol. The van der Waals surface area contributed by atoms with E-state index in [0.29, 0.717) is 23.1 Å². The Bertz CT molecular complexity index is 591. The molecule has 1 aromatic rings. The lowest BCUT2D eigenvalue weighted by atomic mass is 9.99. The zero-order chi connectivity index (χ0) is 15.9. The van der Waals surface area contributed by atoms with Gasteiger partial charge >= 0.3 is 12.1 Å². The second-order valence-corrected chi connectivity index (χ2v) is 7.42. The average molecular weight is 343 g/mol. The average Bonchev–Trinajstić information content (AvgIpc) is 3.00. The maximum Gasteiger partial charge on any atom is 0.321 e. The molecule has 4 amide bonds. The molecule has 0 aliphatic carbocycles. The van der Waals surface area contributed by atoms with Gasteiger partial charge in [-0.25, -0.2) is 9.59 Å². The third-order valence-corrected chi connectivity index (χ3v) is 5.35. The molecule has 0 saturated carbocycles. The van der Waals surface area contributed by atoms with E-state index in [-0.39, 0.29) is 30.2 Å². The first-order valence-electron chi connectivity index (χ1n) is 7.35. The predicted octanol–water partition coefficient (Wildman–Crippen LogP) is 2.81. The highest BCUT2D eigenvalue weighted by molar-refractivity contribution is 7.15. The third-order valence-electron chi connectivity index (χ3n) is 4.18. The molecular weight excluding hydrogens is 324 g/mol. The first-order valence-corrected chi connectivity index (χ1v) is 8.61. The van der Waals surface area contributed by atoms with Gasteiger partial charge in [-0.3, -0.25) is 0 Å². The van der Waals surface area contributed by atoms with Crippen molar-refractivity contribution < 1.29 is 9.59 Å². The summed E-state index contributed by atoms with van der Waals surface area (Å²) >= 11 is 7.39. The SMILES string of the molecule is CC(C)N1C(=O)N[C@@H]2CN(C(=O)Nc3ccsc3Cl)CC[C@@H]21. The number of nitrogens with zero attached hydrogens (tertiary/aromatic N) is 2. The molecule has 2 aliphatic heterocycles. The van der Waals surface area contributed by atoms with Crippen LogP contribution in [0.2, 0.25) is 4.34 Å². The van der Waals surface area contributed by atoms with Gasteiger partial charge in [-0.2, -0.15) is 0 Å². The van der Waals surface area contributed by atoms with E-state index < -0.39 is 0 Å². The lowest BCUT2D eigenvalue weighted by Crippen LogP contribution is -2.54. The predicted molar refractivity (Wildman–Crippen MR) is 87.6 cm³/mol. The van der Waals surface area contributed by atoms with Gasteiger partial charge in [-0.15, -0.1) is 11.3 Å². The summed E-state index contributed by atoms with van der Waals surface area (Å²) in [6, 6.07) is 1.91. The fourth-order valence-corrected chi connectivity index (χ4v) is 4.01. The van der Waals surface area contributed by atoms with Gasteiger partial charge in [0.1, 0.15) is 4.34 Å². The maximum atomic E-state index is 12.3. The van der Waals surface area contributed by atoms with Crippen LogP contribution in [0.4, 0.5) is 15.3 Å². The highest BCUT2D eigenvalue weighted by Gasteiger charge is 2.44. The molecule has 2 fully saturated rings. The van der Waals surface area contributed by atoms with Crippen LogP contribution in [0.15, 0.2) is 11.4 Å². The van der Waals surface area contributed by atoms with Crippen molar-refractivity contribution in [3.05, 3.63) is 15.8 Å². The Kier molecular flexibility index (Phi) is 4.18. The Morgan fingerprint density at radius 3 is 2.95 bits per heavy atom. The van der Waals surface area contributed by atoms with E-state index in [0.717, 1.165) is 6.42 Å². The molecule has 6 nitrogen and oxygen atoms in total. The first kappa shape index (κ1) is 15.4. The number of carbonyl (C=O) groups excluding carboxylic acids is 2. The van der Waals surface area contributed by atoms with Gasteiger partial charge in [-0.1, -0.05) is 11.6 Å². The Morgan fingerprint density at radius 1 is 1.55 bits per heavy atom. The number of thiophene rings is 1. The minimum Gasteiger partial charge on any atom is -0.331 e. The number of halogens is 1. The van der Waals surface area contributed by atoms with Gasteiger partial charge in [-0.05, 0) is 31.7 Å². The lowest BCUT2D eigenvalue weighted by Gasteiger charge is -2.37. The number of hydrogen-bond donors (Lipinski definition) is 2. The molecule has 3 heterocycles. The van der Waals surface area contributed by atoms with Crippen molar-refractivity contribution in [2.24, 2.45) is 0 Å². The number of carbonyl (C=O) groups is 2. The molecule has 0 bridgehead atoms. The Hall–Kier alpha value is -1.47. The smallest absolute Gasteiger partial charge is 0.321 e. The number of anilines is 1. The summed E-state index contributed by atoms with van der Waals surface area (Å²) in [5.74, 6) is 0. The minimum atomic E-state index is -0.170. The maximum absolute atomic E-state index is 12.3. The van der Waals surface area contributed by atoms with Crippen LogP contribution in [-0.2, 0) is 0 Å². The van der Waals surface area contributed by atoms with E-state index in [1.165, 1.54) is 11.3 Å². The highest BCUT2D eigenvalue weighted by Crippen LogP contribution is 2.29. The largest absolute Gasteiger partial charge is 0.331 e. The highest BCUT2D eigenvalue weighted by atomic mass is 35.5. The molecule has 3 rings (SSSR count). The van der Waals surface area contributed by atoms with Gasteiger partial charge in [0.05, 0.1) is 17.8 Å². The summed E-state index contributed by atoms with van der Waals surface area (Å²) < 4.78 is 0.573. The summed E-state index contributed by atoms with van der Waals surface area (Å²) in [6.45, 7) is 5.18. The topological polar surface area (TPSA) is 64.7 Å². The van der Waals surface area contributed by atoms with Crippen molar-refractivity contribution in [3.63, 3.8) is 0 Å². The number of fused-ring (bicyclic) bond motifs is 1. The van der Waals surface area contributed by atoms with Crippen LogP contribution < -0.4 is 10.6 Å². The summed E-state index contributed by atoms with van der Waals surface area (Å²) in [6.07, 6.45) is 0.784. The minimum absolute atomic E-state index is 0.00709. The summed E-state index contributed by atoms with van der Waals surface area (Å²) in [5.41, 5.74) is 0.637. The van der Waals surface area contributed by atoms with Crippen LogP contribution in [0.3, 0.4) is 0 Å². The van der Waals surface area contributed by atoms with Crippen molar-refractivity contribution in [3.8, 4) is 0 Å². The standard InChI is InChI=1S/C14H19ClN4O2S/c1-8(2)19-11-3-5-18(7-10(11)17-14(19)21)13(20)16-9-4-6-22-12(9)15/h4,6,8,10-11H,3,5,7H2,1-2H3,(H,16,20)(H,17,21)/t10-,11+/m1/s1. The Balaban J connectivity index is 1.64. The molecule has 2 atom stereocenters. The molecule has 0 unspecified atom stereocenters. The van der Waals surface area contributed by atoms with Gasteiger partial charge < -0.3 is 20.4 Å². The van der Waals surface area contributed by atoms with Crippen LogP contribution in [0.25, 0.3) is 0 Å². The van der Waals surface area contributed by atoms with Crippen molar-refractivity contribution in [2.45, 2.75) is 38.4 Å². The number of rotatable bonds is 2. The zero-order valence-electron chi connectivity index (χ0n) is 12.5. The number of nitrogens with one attached hydrogen (secondary N) is 2. The van der Waals surface area contributed by atoms with Crippen molar-refractivity contribution in [2.75, 3.05) is 18.4 Å². The third kappa shape index (κ3) is 2.75. The van der Waals surface area contributed by atoms with E-state index in [1.54, 1.807) is 11.0 Å². The summed E-state index contributed by atoms with van der Waals surface area (Å²) in [5, 5.41) is 7.64. The van der Waals surface area contributed by atoms with Gasteiger partial charge in [0, 0.05) is 19.1 Å². The summed E-state index contributed by atoms with van der Waals surface area (Å²) in [4.78, 5) is 28.0. The van der Waals surface area contributed by atoms with Crippen molar-refractivity contribution >= 4 is 40.7 Å². The molecule has 0 aromatic carbocycles. The molecule has 0 radical (unpaired) electrons. The Morgan fingerprint density at radius 2 is 2.32 bits per heavy atom. The van der Waals surface area contributed by atoms with E-state index in [9.17, 15) is 9.59 Å². The fraction of sp³-hybridized carbons (Fsp3) is 0.571. The number of hydrogen-bond acceptors (Lipinski definition) is 3. The van der Waals surface area contributed by atoms with Crippen molar-refractivity contribution in [1.82, 2.24) is 15.1 Å². The summed E-state index contributed by atoms with van der Waals surface area (Å²) in [7, 11) is 0. The molecule has 120 valence electrons. The van der Waals surface area contributed by atoms with E-state index in [4.69, 9.17) is 11.6 Å². The van der Waals surface area contributed by atoms with Crippen LogP contribution in [-0.4, -0.2) is 53.1 Å². The van der Waals surface area contributed by atoms with Crippen molar-refractivity contribution in [1.29, 1.82) is 0 Å². The zero-order valence-corrected chi connectivity index (χ0v) is 14.1.